The average Bonchev–Trinajstić information content (AvgIpc) is 2.54. The van der Waals surface area contributed by atoms with Crippen LogP contribution in [0.1, 0.15) is 11.1 Å². The third-order valence-electron chi connectivity index (χ3n) is 3.05. The number of nitrogens with one attached hydrogen (secondary N) is 1. The van der Waals surface area contributed by atoms with E-state index in [-0.39, 0.29) is 12.6 Å². The zero-order chi connectivity index (χ0) is 14.9. The lowest BCUT2D eigenvalue weighted by atomic mass is 10.1. The fraction of sp³-hybridized carbons (Fsp3) is 0.235. The summed E-state index contributed by atoms with van der Waals surface area (Å²) >= 11 is 5.91. The van der Waals surface area contributed by atoms with E-state index < -0.39 is 6.09 Å². The molecule has 0 saturated heterocycles. The summed E-state index contributed by atoms with van der Waals surface area (Å²) in [7, 11) is 0. The molecule has 0 aliphatic heterocycles. The summed E-state index contributed by atoms with van der Waals surface area (Å²) in [5.41, 5.74) is 2.09. The predicted octanol–water partition coefficient (Wildman–Crippen LogP) is 3.76. The molecular weight excluding hydrogens is 286 g/mol. The molecule has 1 amide bonds. The number of alkyl halides is 1. The van der Waals surface area contributed by atoms with Crippen LogP contribution in [0.2, 0.25) is 0 Å². The number of carbonyl (C=O) groups excluding carboxylic acids is 1. The highest BCUT2D eigenvalue weighted by atomic mass is 35.5. The highest BCUT2D eigenvalue weighted by Crippen LogP contribution is 2.06. The minimum Gasteiger partial charge on any atom is -0.445 e. The van der Waals surface area contributed by atoms with E-state index in [0.29, 0.717) is 12.3 Å². The number of alkyl carbamates (subject to hydrolysis) is 1. The van der Waals surface area contributed by atoms with Crippen molar-refractivity contribution >= 4 is 17.7 Å². The van der Waals surface area contributed by atoms with Crippen LogP contribution in [-0.4, -0.2) is 18.0 Å². The van der Waals surface area contributed by atoms with E-state index in [2.05, 4.69) is 5.32 Å². The standard InChI is InChI=1S/C17H18ClNO2/c18-12-16(11-14-7-3-1-4-8-14)19-17(20)21-13-15-9-5-2-6-10-15/h1-10,16H,11-13H2,(H,19,20). The Morgan fingerprint density at radius 3 is 2.14 bits per heavy atom. The molecule has 0 fully saturated rings. The van der Waals surface area contributed by atoms with Crippen molar-refractivity contribution in [1.82, 2.24) is 5.32 Å². The first-order valence-electron chi connectivity index (χ1n) is 6.85. The maximum Gasteiger partial charge on any atom is 0.407 e. The highest BCUT2D eigenvalue weighted by molar-refractivity contribution is 6.18. The van der Waals surface area contributed by atoms with Crippen LogP contribution in [-0.2, 0) is 17.8 Å². The van der Waals surface area contributed by atoms with Crippen molar-refractivity contribution in [3.63, 3.8) is 0 Å². The Balaban J connectivity index is 1.80. The molecule has 2 aromatic rings. The van der Waals surface area contributed by atoms with Gasteiger partial charge < -0.3 is 10.1 Å². The zero-order valence-electron chi connectivity index (χ0n) is 11.7. The molecule has 2 rings (SSSR count). The predicted molar refractivity (Wildman–Crippen MR) is 84.4 cm³/mol. The van der Waals surface area contributed by atoms with Gasteiger partial charge in [-0.1, -0.05) is 60.7 Å². The monoisotopic (exact) mass is 303 g/mol. The summed E-state index contributed by atoms with van der Waals surface area (Å²) < 4.78 is 5.19. The van der Waals surface area contributed by atoms with Crippen molar-refractivity contribution in [2.75, 3.05) is 5.88 Å². The molecule has 0 aliphatic rings. The van der Waals surface area contributed by atoms with Crippen LogP contribution >= 0.6 is 11.6 Å². The smallest absolute Gasteiger partial charge is 0.407 e. The second kappa shape index (κ2) is 8.32. The van der Waals surface area contributed by atoms with Gasteiger partial charge in [-0.05, 0) is 17.5 Å². The van der Waals surface area contributed by atoms with Crippen LogP contribution in [0.4, 0.5) is 4.79 Å². The van der Waals surface area contributed by atoms with E-state index in [1.54, 1.807) is 0 Å². The second-order valence-electron chi connectivity index (χ2n) is 4.75. The lowest BCUT2D eigenvalue weighted by Crippen LogP contribution is -2.38. The van der Waals surface area contributed by atoms with E-state index >= 15 is 0 Å². The minimum absolute atomic E-state index is 0.141. The Kier molecular flexibility index (Phi) is 6.10. The van der Waals surface area contributed by atoms with Gasteiger partial charge >= 0.3 is 6.09 Å². The molecule has 0 saturated carbocycles. The van der Waals surface area contributed by atoms with Crippen LogP contribution in [0.25, 0.3) is 0 Å². The van der Waals surface area contributed by atoms with Crippen LogP contribution in [0.5, 0.6) is 0 Å². The Morgan fingerprint density at radius 2 is 1.57 bits per heavy atom. The lowest BCUT2D eigenvalue weighted by molar-refractivity contribution is 0.136. The zero-order valence-corrected chi connectivity index (χ0v) is 12.4. The molecule has 3 nitrogen and oxygen atoms in total. The molecule has 1 unspecified atom stereocenters. The normalized spacial score (nSPS) is 11.7. The third-order valence-corrected chi connectivity index (χ3v) is 3.42. The summed E-state index contributed by atoms with van der Waals surface area (Å²) in [4.78, 5) is 11.8. The molecule has 0 spiro atoms. The molecule has 0 bridgehead atoms. The number of amides is 1. The van der Waals surface area contributed by atoms with Gasteiger partial charge in [-0.15, -0.1) is 11.6 Å². The molecule has 2 aromatic carbocycles. The third kappa shape index (κ3) is 5.48. The second-order valence-corrected chi connectivity index (χ2v) is 5.06. The van der Waals surface area contributed by atoms with Crippen LogP contribution in [0.3, 0.4) is 0 Å². The van der Waals surface area contributed by atoms with Crippen LogP contribution in [0, 0.1) is 0 Å². The summed E-state index contributed by atoms with van der Waals surface area (Å²) in [5.74, 6) is 0.343. The Labute approximate surface area is 129 Å². The Morgan fingerprint density at radius 1 is 1.00 bits per heavy atom. The van der Waals surface area contributed by atoms with Gasteiger partial charge in [-0.3, -0.25) is 0 Å². The van der Waals surface area contributed by atoms with E-state index in [1.165, 1.54) is 0 Å². The maximum atomic E-state index is 11.8. The van der Waals surface area contributed by atoms with Crippen molar-refractivity contribution in [1.29, 1.82) is 0 Å². The largest absolute Gasteiger partial charge is 0.445 e. The van der Waals surface area contributed by atoms with Gasteiger partial charge in [0.05, 0.1) is 0 Å². The Hall–Kier alpha value is -2.00. The molecule has 1 atom stereocenters. The van der Waals surface area contributed by atoms with Gasteiger partial charge in [-0.2, -0.15) is 0 Å². The molecular formula is C17H18ClNO2. The van der Waals surface area contributed by atoms with Crippen molar-refractivity contribution in [2.24, 2.45) is 0 Å². The van der Waals surface area contributed by atoms with Crippen molar-refractivity contribution in [3.8, 4) is 0 Å². The van der Waals surface area contributed by atoms with E-state index in [0.717, 1.165) is 11.1 Å². The quantitative estimate of drug-likeness (QED) is 0.825. The van der Waals surface area contributed by atoms with Gasteiger partial charge in [0.15, 0.2) is 0 Å². The van der Waals surface area contributed by atoms with Gasteiger partial charge in [0.25, 0.3) is 0 Å². The molecule has 4 heteroatoms. The number of carbonyl (C=O) groups is 1. The molecule has 1 N–H and O–H groups in total. The van der Waals surface area contributed by atoms with Gasteiger partial charge in [0.2, 0.25) is 0 Å². The minimum atomic E-state index is -0.444. The number of hydrogen-bond acceptors (Lipinski definition) is 2. The Bertz CT molecular complexity index is 545. The summed E-state index contributed by atoms with van der Waals surface area (Å²) in [6.07, 6.45) is 0.241. The molecule has 0 radical (unpaired) electrons. The molecule has 0 heterocycles. The van der Waals surface area contributed by atoms with Crippen molar-refractivity contribution in [2.45, 2.75) is 19.1 Å². The molecule has 21 heavy (non-hydrogen) atoms. The molecule has 0 aromatic heterocycles. The van der Waals surface area contributed by atoms with Gasteiger partial charge in [0.1, 0.15) is 6.61 Å². The summed E-state index contributed by atoms with van der Waals surface area (Å²) in [6, 6.07) is 19.3. The lowest BCUT2D eigenvalue weighted by Gasteiger charge is -2.16. The van der Waals surface area contributed by atoms with Gasteiger partial charge in [-0.25, -0.2) is 4.79 Å². The number of rotatable bonds is 6. The fourth-order valence-electron chi connectivity index (χ4n) is 1.97. The first-order chi connectivity index (χ1) is 10.3. The van der Waals surface area contributed by atoms with Crippen molar-refractivity contribution in [3.05, 3.63) is 71.8 Å². The summed E-state index contributed by atoms with van der Waals surface area (Å²) in [5, 5.41) is 2.79. The van der Waals surface area contributed by atoms with Crippen LogP contribution < -0.4 is 5.32 Å². The van der Waals surface area contributed by atoms with E-state index in [9.17, 15) is 4.79 Å². The average molecular weight is 304 g/mol. The SMILES string of the molecule is O=C(NC(CCl)Cc1ccccc1)OCc1ccccc1. The first-order valence-corrected chi connectivity index (χ1v) is 7.38. The fourth-order valence-corrected chi connectivity index (χ4v) is 2.16. The van der Waals surface area contributed by atoms with Crippen LogP contribution in [0.15, 0.2) is 60.7 Å². The number of ether oxygens (including phenoxy) is 1. The first kappa shape index (κ1) is 15.4. The number of hydrogen-bond donors (Lipinski definition) is 1. The number of halogens is 1. The highest BCUT2D eigenvalue weighted by Gasteiger charge is 2.12. The van der Waals surface area contributed by atoms with E-state index in [4.69, 9.17) is 16.3 Å². The topological polar surface area (TPSA) is 38.3 Å². The molecule has 0 aliphatic carbocycles. The summed E-state index contributed by atoms with van der Waals surface area (Å²) in [6.45, 7) is 0.257. The molecule has 110 valence electrons. The maximum absolute atomic E-state index is 11.8. The number of benzene rings is 2. The van der Waals surface area contributed by atoms with Gasteiger partial charge in [0, 0.05) is 11.9 Å². The van der Waals surface area contributed by atoms with E-state index in [1.807, 2.05) is 60.7 Å². The van der Waals surface area contributed by atoms with Crippen molar-refractivity contribution < 1.29 is 9.53 Å².